The van der Waals surface area contributed by atoms with Crippen molar-refractivity contribution in [2.45, 2.75) is 33.2 Å². The van der Waals surface area contributed by atoms with E-state index in [1.54, 1.807) is 0 Å². The standard InChI is InChI=1S/C23H23NOSe/c1-14-9-15(2)11-17(10-14)20-18-8-6-5-7-16(18)12-19(26)21(20)22-24-23(3,4)13-25-22/h5-12,26H,13H2,1-4H3/p-1. The third-order valence-corrected chi connectivity index (χ3v) is 5.38. The fourth-order valence-electron chi connectivity index (χ4n) is 3.67. The van der Waals surface area contributed by atoms with Crippen LogP contribution in [0.1, 0.15) is 30.5 Å². The number of aryl methyl sites for hydroxylation is 2. The van der Waals surface area contributed by atoms with Crippen LogP contribution in [0.5, 0.6) is 0 Å². The van der Waals surface area contributed by atoms with Crippen LogP contribution in [-0.2, 0) is 4.74 Å². The Hall–Kier alpha value is -2.09. The average Bonchev–Trinajstić information content (AvgIpc) is 2.92. The Bertz CT molecular complexity index is 1030. The molecule has 4 rings (SSSR count). The van der Waals surface area contributed by atoms with Gasteiger partial charge in [-0.2, -0.15) is 0 Å². The van der Waals surface area contributed by atoms with Crippen LogP contribution >= 0.6 is 0 Å². The summed E-state index contributed by atoms with van der Waals surface area (Å²) in [5.41, 5.74) is 5.80. The second kappa shape index (κ2) is 6.26. The molecule has 0 unspecified atom stereocenters. The number of rotatable bonds is 2. The predicted octanol–water partition coefficient (Wildman–Crippen LogP) is 4.47. The van der Waals surface area contributed by atoms with Gasteiger partial charge < -0.3 is 0 Å². The van der Waals surface area contributed by atoms with Gasteiger partial charge in [-0.25, -0.2) is 0 Å². The van der Waals surface area contributed by atoms with E-state index in [-0.39, 0.29) is 5.54 Å². The van der Waals surface area contributed by atoms with E-state index in [4.69, 9.17) is 9.73 Å². The molecule has 0 fully saturated rings. The zero-order valence-electron chi connectivity index (χ0n) is 15.6. The molecule has 0 N–H and O–H groups in total. The fourth-order valence-corrected chi connectivity index (χ4v) is 4.33. The molecule has 0 atom stereocenters. The molecule has 3 aromatic carbocycles. The summed E-state index contributed by atoms with van der Waals surface area (Å²) in [5.74, 6) is 0.740. The van der Waals surface area contributed by atoms with Gasteiger partial charge in [0.15, 0.2) is 0 Å². The van der Waals surface area contributed by atoms with Crippen molar-refractivity contribution in [3.05, 3.63) is 65.2 Å². The molecule has 0 bridgehead atoms. The number of ether oxygens (including phenoxy) is 1. The van der Waals surface area contributed by atoms with Crippen molar-refractivity contribution < 1.29 is 4.74 Å². The molecule has 1 aliphatic heterocycles. The Morgan fingerprint density at radius 3 is 2.31 bits per heavy atom. The Kier molecular flexibility index (Phi) is 4.17. The van der Waals surface area contributed by atoms with Gasteiger partial charge in [0.05, 0.1) is 0 Å². The van der Waals surface area contributed by atoms with Gasteiger partial charge >= 0.3 is 163 Å². The zero-order valence-corrected chi connectivity index (χ0v) is 17.3. The van der Waals surface area contributed by atoms with E-state index < -0.39 is 0 Å². The van der Waals surface area contributed by atoms with Crippen molar-refractivity contribution in [3.63, 3.8) is 0 Å². The van der Waals surface area contributed by atoms with Crippen LogP contribution in [-0.4, -0.2) is 34.1 Å². The first kappa shape index (κ1) is 17.3. The first-order valence-corrected chi connectivity index (χ1v) is 9.74. The van der Waals surface area contributed by atoms with Crippen LogP contribution in [0, 0.1) is 13.8 Å². The van der Waals surface area contributed by atoms with E-state index in [1.807, 2.05) is 0 Å². The molecule has 0 spiro atoms. The van der Waals surface area contributed by atoms with Crippen molar-refractivity contribution in [1.29, 1.82) is 0 Å². The summed E-state index contributed by atoms with van der Waals surface area (Å²) < 4.78 is 7.11. The third kappa shape index (κ3) is 3.06. The van der Waals surface area contributed by atoms with E-state index in [1.165, 1.54) is 33.0 Å². The van der Waals surface area contributed by atoms with Crippen LogP contribution in [0.15, 0.2) is 53.5 Å². The monoisotopic (exact) mass is 408 g/mol. The van der Waals surface area contributed by atoms with Gasteiger partial charge in [-0.1, -0.05) is 0 Å². The fraction of sp³-hybridized carbons (Fsp3) is 0.261. The Morgan fingerprint density at radius 1 is 0.962 bits per heavy atom. The quantitative estimate of drug-likeness (QED) is 0.575. The Morgan fingerprint density at radius 2 is 1.65 bits per heavy atom. The molecule has 0 aromatic heterocycles. The topological polar surface area (TPSA) is 21.6 Å². The van der Waals surface area contributed by atoms with E-state index in [0.717, 1.165) is 15.9 Å². The number of nitrogens with zero attached hydrogens (tertiary/aromatic N) is 1. The van der Waals surface area contributed by atoms with Crippen molar-refractivity contribution in [1.82, 2.24) is 0 Å². The molecule has 26 heavy (non-hydrogen) atoms. The molecule has 1 aliphatic rings. The molecule has 3 aromatic rings. The SMILES string of the molecule is Cc1cc(C)cc(-c2c(C3=NC(C)(C)CO3)c([Se-])cc3ccccc23)c1. The normalized spacial score (nSPS) is 15.8. The first-order chi connectivity index (χ1) is 12.3. The summed E-state index contributed by atoms with van der Waals surface area (Å²) in [5, 5.41) is 2.44. The molecule has 0 saturated carbocycles. The third-order valence-electron chi connectivity index (χ3n) is 4.70. The number of benzene rings is 3. The van der Waals surface area contributed by atoms with E-state index >= 15 is 0 Å². The van der Waals surface area contributed by atoms with Gasteiger partial charge in [0.1, 0.15) is 0 Å². The number of fused-ring (bicyclic) bond motifs is 1. The summed E-state index contributed by atoms with van der Waals surface area (Å²) >= 11 is 3.25. The van der Waals surface area contributed by atoms with Gasteiger partial charge in [-0.15, -0.1) is 0 Å². The molecule has 1 heterocycles. The molecule has 0 radical (unpaired) electrons. The summed E-state index contributed by atoms with van der Waals surface area (Å²) in [7, 11) is 0. The number of aliphatic imine (C=N–C) groups is 1. The molecule has 2 nitrogen and oxygen atoms in total. The minimum absolute atomic E-state index is 0.187. The second-order valence-corrected chi connectivity index (χ2v) is 8.66. The maximum atomic E-state index is 6.04. The molecular formula is C23H22NOSe-. The number of hydrogen-bond donors (Lipinski definition) is 0. The molecule has 3 heteroatoms. The Labute approximate surface area is 163 Å². The molecule has 132 valence electrons. The van der Waals surface area contributed by atoms with Crippen molar-refractivity contribution in [2.75, 3.05) is 6.61 Å². The average molecular weight is 407 g/mol. The van der Waals surface area contributed by atoms with Crippen LogP contribution in [0.25, 0.3) is 21.9 Å². The van der Waals surface area contributed by atoms with E-state index in [9.17, 15) is 0 Å². The van der Waals surface area contributed by atoms with Gasteiger partial charge in [0, 0.05) is 0 Å². The maximum absolute atomic E-state index is 6.04. The second-order valence-electron chi connectivity index (χ2n) is 7.74. The van der Waals surface area contributed by atoms with Crippen molar-refractivity contribution in [2.24, 2.45) is 4.99 Å². The van der Waals surface area contributed by atoms with Crippen molar-refractivity contribution >= 4 is 37.1 Å². The predicted molar refractivity (Wildman–Crippen MR) is 111 cm³/mol. The number of hydrogen-bond acceptors (Lipinski definition) is 2. The first-order valence-electron chi connectivity index (χ1n) is 8.88. The summed E-state index contributed by atoms with van der Waals surface area (Å²) in [6, 6.07) is 17.4. The minimum atomic E-state index is -0.187. The van der Waals surface area contributed by atoms with Crippen LogP contribution in [0.3, 0.4) is 0 Å². The molecule has 0 amide bonds. The van der Waals surface area contributed by atoms with E-state index in [2.05, 4.69) is 92.2 Å². The van der Waals surface area contributed by atoms with Gasteiger partial charge in [0.25, 0.3) is 0 Å². The van der Waals surface area contributed by atoms with E-state index in [0.29, 0.717) is 6.61 Å². The van der Waals surface area contributed by atoms with Crippen LogP contribution < -0.4 is 4.46 Å². The molecular weight excluding hydrogens is 385 g/mol. The summed E-state index contributed by atoms with van der Waals surface area (Å²) in [6.07, 6.45) is 0. The van der Waals surface area contributed by atoms with Gasteiger partial charge in [-0.05, 0) is 0 Å². The van der Waals surface area contributed by atoms with Crippen molar-refractivity contribution in [3.8, 4) is 11.1 Å². The summed E-state index contributed by atoms with van der Waals surface area (Å²) in [4.78, 5) is 4.86. The van der Waals surface area contributed by atoms with Gasteiger partial charge in [0.2, 0.25) is 0 Å². The van der Waals surface area contributed by atoms with Crippen LogP contribution in [0.2, 0.25) is 0 Å². The molecule has 0 aliphatic carbocycles. The van der Waals surface area contributed by atoms with Gasteiger partial charge in [-0.3, -0.25) is 0 Å². The Balaban J connectivity index is 2.10. The van der Waals surface area contributed by atoms with Crippen LogP contribution in [0.4, 0.5) is 0 Å². The summed E-state index contributed by atoms with van der Waals surface area (Å²) in [6.45, 7) is 9.12. The molecule has 0 saturated heterocycles. The zero-order chi connectivity index (χ0) is 18.5.